The molecular formula is C12H20N4O. The van der Waals surface area contributed by atoms with Crippen molar-refractivity contribution >= 4 is 5.95 Å². The quantitative estimate of drug-likeness (QED) is 0.845. The number of hydrogen-bond donors (Lipinski definition) is 1. The highest BCUT2D eigenvalue weighted by molar-refractivity contribution is 5.29. The molecule has 0 radical (unpaired) electrons. The van der Waals surface area contributed by atoms with E-state index in [9.17, 15) is 0 Å². The van der Waals surface area contributed by atoms with Gasteiger partial charge in [-0.3, -0.25) is 0 Å². The van der Waals surface area contributed by atoms with E-state index in [1.165, 1.54) is 12.8 Å². The Bertz CT molecular complexity index is 364. The van der Waals surface area contributed by atoms with Gasteiger partial charge >= 0.3 is 0 Å². The molecular weight excluding hydrogens is 216 g/mol. The highest BCUT2D eigenvalue weighted by atomic mass is 16.5. The van der Waals surface area contributed by atoms with E-state index in [0.717, 1.165) is 50.6 Å². The molecule has 1 aromatic heterocycles. The van der Waals surface area contributed by atoms with Gasteiger partial charge in [0.2, 0.25) is 5.89 Å². The summed E-state index contributed by atoms with van der Waals surface area (Å²) in [6, 6.07) is 0.368. The minimum atomic E-state index is 0.368. The highest BCUT2D eigenvalue weighted by Gasteiger charge is 2.26. The number of hydrogen-bond acceptors (Lipinski definition) is 5. The molecule has 2 aliphatic rings. The number of nitrogens with two attached hydrogens (primary N) is 1. The lowest BCUT2D eigenvalue weighted by Gasteiger charge is -2.23. The Hall–Kier alpha value is -1.10. The minimum Gasteiger partial charge on any atom is -0.338 e. The summed E-state index contributed by atoms with van der Waals surface area (Å²) in [6.07, 6.45) is 6.80. The molecule has 1 saturated heterocycles. The number of nitrogens with zero attached hydrogens (tertiary/aromatic N) is 3. The van der Waals surface area contributed by atoms with E-state index in [2.05, 4.69) is 15.0 Å². The molecule has 0 atom stereocenters. The Morgan fingerprint density at radius 3 is 2.53 bits per heavy atom. The lowest BCUT2D eigenvalue weighted by molar-refractivity contribution is 0.301. The summed E-state index contributed by atoms with van der Waals surface area (Å²) < 4.78 is 5.41. The van der Waals surface area contributed by atoms with Gasteiger partial charge in [-0.05, 0) is 43.7 Å². The fraction of sp³-hybridized carbons (Fsp3) is 0.833. The van der Waals surface area contributed by atoms with E-state index >= 15 is 0 Å². The molecule has 1 saturated carbocycles. The molecule has 3 rings (SSSR count). The Morgan fingerprint density at radius 2 is 1.82 bits per heavy atom. The third kappa shape index (κ3) is 2.29. The molecule has 0 spiro atoms. The maximum absolute atomic E-state index is 5.90. The maximum Gasteiger partial charge on any atom is 0.266 e. The van der Waals surface area contributed by atoms with Crippen molar-refractivity contribution in [1.82, 2.24) is 10.1 Å². The van der Waals surface area contributed by atoms with Crippen LogP contribution in [-0.2, 0) is 0 Å². The smallest absolute Gasteiger partial charge is 0.266 e. The van der Waals surface area contributed by atoms with Crippen LogP contribution in [0.3, 0.4) is 0 Å². The summed E-state index contributed by atoms with van der Waals surface area (Å²) in [7, 11) is 0. The zero-order valence-corrected chi connectivity index (χ0v) is 10.1. The van der Waals surface area contributed by atoms with Crippen molar-refractivity contribution in [2.45, 2.75) is 50.5 Å². The molecule has 2 N–H and O–H groups in total. The largest absolute Gasteiger partial charge is 0.338 e. The van der Waals surface area contributed by atoms with E-state index < -0.39 is 0 Å². The minimum absolute atomic E-state index is 0.368. The maximum atomic E-state index is 5.90. The first-order valence-corrected chi connectivity index (χ1v) is 6.67. The van der Waals surface area contributed by atoms with Crippen LogP contribution in [0.2, 0.25) is 0 Å². The third-order valence-corrected chi connectivity index (χ3v) is 3.94. The van der Waals surface area contributed by atoms with Gasteiger partial charge in [0, 0.05) is 25.0 Å². The molecule has 1 aromatic rings. The predicted molar refractivity (Wildman–Crippen MR) is 64.9 cm³/mol. The van der Waals surface area contributed by atoms with Crippen molar-refractivity contribution < 1.29 is 4.52 Å². The van der Waals surface area contributed by atoms with Crippen LogP contribution < -0.4 is 10.6 Å². The molecule has 17 heavy (non-hydrogen) atoms. The van der Waals surface area contributed by atoms with E-state index in [1.54, 1.807) is 0 Å². The van der Waals surface area contributed by atoms with Crippen LogP contribution in [0, 0.1) is 0 Å². The molecule has 5 heteroatoms. The van der Waals surface area contributed by atoms with Crippen LogP contribution in [0.15, 0.2) is 4.52 Å². The van der Waals surface area contributed by atoms with E-state index in [0.29, 0.717) is 12.0 Å². The summed E-state index contributed by atoms with van der Waals surface area (Å²) in [5.74, 6) is 2.03. The fourth-order valence-electron chi connectivity index (χ4n) is 2.80. The summed E-state index contributed by atoms with van der Waals surface area (Å²) in [4.78, 5) is 6.76. The standard InChI is InChI=1S/C12H20N4O/c13-10-5-3-9(4-6-10)11-14-12(15-17-11)16-7-1-2-8-16/h9-10H,1-8,13H2. The first-order valence-electron chi connectivity index (χ1n) is 6.67. The molecule has 0 unspecified atom stereocenters. The van der Waals surface area contributed by atoms with Crippen LogP contribution in [-0.4, -0.2) is 29.3 Å². The Labute approximate surface area is 101 Å². The van der Waals surface area contributed by atoms with Crippen molar-refractivity contribution in [3.8, 4) is 0 Å². The molecule has 2 fully saturated rings. The highest BCUT2D eigenvalue weighted by Crippen LogP contribution is 2.32. The van der Waals surface area contributed by atoms with E-state index in [4.69, 9.17) is 10.3 Å². The van der Waals surface area contributed by atoms with E-state index in [-0.39, 0.29) is 0 Å². The fourth-order valence-corrected chi connectivity index (χ4v) is 2.80. The van der Waals surface area contributed by atoms with Crippen LogP contribution in [0.1, 0.15) is 50.3 Å². The number of anilines is 1. The molecule has 1 aliphatic carbocycles. The van der Waals surface area contributed by atoms with Crippen molar-refractivity contribution in [3.63, 3.8) is 0 Å². The van der Waals surface area contributed by atoms with Gasteiger partial charge in [0.1, 0.15) is 0 Å². The lowest BCUT2D eigenvalue weighted by Crippen LogP contribution is -2.25. The third-order valence-electron chi connectivity index (χ3n) is 3.94. The first kappa shape index (κ1) is 11.0. The molecule has 94 valence electrons. The van der Waals surface area contributed by atoms with Crippen LogP contribution in [0.4, 0.5) is 5.95 Å². The van der Waals surface area contributed by atoms with Gasteiger partial charge in [-0.25, -0.2) is 0 Å². The predicted octanol–water partition coefficient (Wildman–Crippen LogP) is 1.65. The van der Waals surface area contributed by atoms with Crippen LogP contribution >= 0.6 is 0 Å². The van der Waals surface area contributed by atoms with Gasteiger partial charge in [-0.2, -0.15) is 4.98 Å². The number of aromatic nitrogens is 2. The Morgan fingerprint density at radius 1 is 1.12 bits per heavy atom. The second-order valence-corrected chi connectivity index (χ2v) is 5.24. The molecule has 0 aromatic carbocycles. The average Bonchev–Trinajstić information content (AvgIpc) is 3.00. The molecule has 2 heterocycles. The monoisotopic (exact) mass is 236 g/mol. The van der Waals surface area contributed by atoms with Crippen molar-refractivity contribution in [3.05, 3.63) is 5.89 Å². The van der Waals surface area contributed by atoms with Crippen molar-refractivity contribution in [1.29, 1.82) is 0 Å². The van der Waals surface area contributed by atoms with Gasteiger partial charge < -0.3 is 15.2 Å². The molecule has 0 bridgehead atoms. The zero-order chi connectivity index (χ0) is 11.7. The van der Waals surface area contributed by atoms with Gasteiger partial charge in [0.25, 0.3) is 5.95 Å². The molecule has 5 nitrogen and oxygen atoms in total. The summed E-state index contributed by atoms with van der Waals surface area (Å²) in [6.45, 7) is 2.13. The van der Waals surface area contributed by atoms with Gasteiger partial charge in [-0.15, -0.1) is 0 Å². The number of rotatable bonds is 2. The van der Waals surface area contributed by atoms with E-state index in [1.807, 2.05) is 0 Å². The van der Waals surface area contributed by atoms with Gasteiger partial charge in [0.05, 0.1) is 0 Å². The summed E-state index contributed by atoms with van der Waals surface area (Å²) >= 11 is 0. The lowest BCUT2D eigenvalue weighted by atomic mass is 9.86. The normalized spacial score (nSPS) is 29.8. The molecule has 1 aliphatic heterocycles. The van der Waals surface area contributed by atoms with Gasteiger partial charge in [0.15, 0.2) is 0 Å². The Balaban J connectivity index is 1.67. The summed E-state index contributed by atoms with van der Waals surface area (Å²) in [5.41, 5.74) is 5.90. The van der Waals surface area contributed by atoms with Gasteiger partial charge in [-0.1, -0.05) is 0 Å². The van der Waals surface area contributed by atoms with Crippen LogP contribution in [0.5, 0.6) is 0 Å². The van der Waals surface area contributed by atoms with Crippen molar-refractivity contribution in [2.24, 2.45) is 5.73 Å². The zero-order valence-electron chi connectivity index (χ0n) is 10.1. The van der Waals surface area contributed by atoms with Crippen LogP contribution in [0.25, 0.3) is 0 Å². The average molecular weight is 236 g/mol. The SMILES string of the molecule is NC1CCC(c2nc(N3CCCC3)no2)CC1. The van der Waals surface area contributed by atoms with Crippen molar-refractivity contribution in [2.75, 3.05) is 18.0 Å². The Kier molecular flexibility index (Phi) is 3.01. The second-order valence-electron chi connectivity index (χ2n) is 5.24. The topological polar surface area (TPSA) is 68.2 Å². The summed E-state index contributed by atoms with van der Waals surface area (Å²) in [5, 5.41) is 4.10. The first-order chi connectivity index (χ1) is 8.33. The molecule has 0 amide bonds. The second kappa shape index (κ2) is 4.64.